The molecular formula is C26H21FN4O2. The van der Waals surface area contributed by atoms with Crippen molar-refractivity contribution in [3.63, 3.8) is 0 Å². The van der Waals surface area contributed by atoms with Gasteiger partial charge in [-0.1, -0.05) is 48.5 Å². The Bertz CT molecular complexity index is 1320. The first-order valence-corrected chi connectivity index (χ1v) is 10.6. The molecule has 0 radical (unpaired) electrons. The lowest BCUT2D eigenvalue weighted by atomic mass is 9.82. The van der Waals surface area contributed by atoms with Crippen molar-refractivity contribution in [2.45, 2.75) is 18.9 Å². The van der Waals surface area contributed by atoms with Crippen molar-refractivity contribution >= 4 is 17.6 Å². The van der Waals surface area contributed by atoms with Crippen molar-refractivity contribution in [3.05, 3.63) is 113 Å². The number of hydrogen-bond acceptors (Lipinski definition) is 3. The third-order valence-electron chi connectivity index (χ3n) is 5.83. The summed E-state index contributed by atoms with van der Waals surface area (Å²) in [5.41, 5.74) is 3.45. The van der Waals surface area contributed by atoms with Gasteiger partial charge in [0.25, 0.3) is 5.91 Å². The Morgan fingerprint density at radius 2 is 1.61 bits per heavy atom. The van der Waals surface area contributed by atoms with Gasteiger partial charge in [0.05, 0.1) is 11.4 Å². The molecule has 33 heavy (non-hydrogen) atoms. The summed E-state index contributed by atoms with van der Waals surface area (Å²) in [7, 11) is 0. The number of nitrogens with zero attached hydrogens (tertiary/aromatic N) is 2. The molecule has 2 N–H and O–H groups in total. The molecule has 2 atom stereocenters. The molecule has 3 aromatic carbocycles. The molecular weight excluding hydrogens is 419 g/mol. The average Bonchev–Trinajstić information content (AvgIpc) is 3.17. The van der Waals surface area contributed by atoms with Gasteiger partial charge in [0, 0.05) is 17.0 Å². The van der Waals surface area contributed by atoms with Crippen LogP contribution in [0.1, 0.15) is 33.1 Å². The predicted molar refractivity (Wildman–Crippen MR) is 123 cm³/mol. The molecule has 0 aliphatic carbocycles. The first-order chi connectivity index (χ1) is 16.0. The molecule has 0 saturated carbocycles. The number of nitrogens with one attached hydrogen (secondary N) is 2. The Kier molecular flexibility index (Phi) is 5.22. The minimum absolute atomic E-state index is 0.362. The molecule has 6 nitrogen and oxygen atoms in total. The molecule has 1 aromatic heterocycles. The van der Waals surface area contributed by atoms with E-state index in [1.165, 1.54) is 12.1 Å². The van der Waals surface area contributed by atoms with Gasteiger partial charge < -0.3 is 10.6 Å². The Balaban J connectivity index is 1.63. The Labute approximate surface area is 190 Å². The number of aryl methyl sites for hydroxylation is 1. The van der Waals surface area contributed by atoms with Gasteiger partial charge in [-0.05, 0) is 48.9 Å². The van der Waals surface area contributed by atoms with E-state index in [0.29, 0.717) is 22.6 Å². The van der Waals surface area contributed by atoms with Crippen LogP contribution in [-0.4, -0.2) is 27.6 Å². The monoisotopic (exact) mass is 440 g/mol. The molecule has 0 saturated heterocycles. The first kappa shape index (κ1) is 20.6. The topological polar surface area (TPSA) is 76.0 Å². The van der Waals surface area contributed by atoms with E-state index >= 15 is 0 Å². The fourth-order valence-corrected chi connectivity index (χ4v) is 4.29. The molecule has 5 rings (SSSR count). The van der Waals surface area contributed by atoms with E-state index in [0.717, 1.165) is 11.3 Å². The minimum Gasteiger partial charge on any atom is -0.339 e. The number of anilines is 1. The first-order valence-electron chi connectivity index (χ1n) is 10.6. The van der Waals surface area contributed by atoms with Crippen LogP contribution < -0.4 is 10.6 Å². The van der Waals surface area contributed by atoms with Crippen LogP contribution in [0.15, 0.2) is 84.9 Å². The molecule has 4 aromatic rings. The maximum Gasteiger partial charge on any atom is 0.251 e. The molecule has 164 valence electrons. The quantitative estimate of drug-likeness (QED) is 0.499. The third-order valence-corrected chi connectivity index (χ3v) is 5.83. The second-order valence-corrected chi connectivity index (χ2v) is 7.93. The van der Waals surface area contributed by atoms with E-state index in [1.54, 1.807) is 41.1 Å². The number of benzene rings is 3. The molecule has 7 heteroatoms. The number of amides is 2. The number of carbonyl (C=O) groups is 2. The van der Waals surface area contributed by atoms with E-state index in [4.69, 9.17) is 0 Å². The van der Waals surface area contributed by atoms with Crippen LogP contribution in [0, 0.1) is 12.7 Å². The smallest absolute Gasteiger partial charge is 0.251 e. The highest BCUT2D eigenvalue weighted by Crippen LogP contribution is 2.40. The summed E-state index contributed by atoms with van der Waals surface area (Å²) < 4.78 is 15.4. The van der Waals surface area contributed by atoms with Crippen molar-refractivity contribution in [2.75, 3.05) is 5.32 Å². The van der Waals surface area contributed by atoms with Crippen LogP contribution in [0.3, 0.4) is 0 Å². The number of halogens is 1. The number of aromatic nitrogens is 2. The summed E-state index contributed by atoms with van der Waals surface area (Å²) in [5.74, 6) is -1.10. The molecule has 2 heterocycles. The van der Waals surface area contributed by atoms with Crippen LogP contribution in [0.25, 0.3) is 5.69 Å². The predicted octanol–water partition coefficient (Wildman–Crippen LogP) is 4.20. The van der Waals surface area contributed by atoms with E-state index < -0.39 is 12.0 Å². The van der Waals surface area contributed by atoms with Gasteiger partial charge in [-0.3, -0.25) is 9.59 Å². The highest BCUT2D eigenvalue weighted by Gasteiger charge is 2.41. The number of hydrogen-bond donors (Lipinski definition) is 2. The molecule has 0 spiro atoms. The van der Waals surface area contributed by atoms with Gasteiger partial charge in [0.1, 0.15) is 17.7 Å². The fraction of sp³-hybridized carbons (Fsp3) is 0.115. The zero-order valence-electron chi connectivity index (χ0n) is 17.8. The highest BCUT2D eigenvalue weighted by molar-refractivity contribution is 6.04. The van der Waals surface area contributed by atoms with E-state index in [-0.39, 0.29) is 17.6 Å². The van der Waals surface area contributed by atoms with Gasteiger partial charge in [-0.25, -0.2) is 9.07 Å². The summed E-state index contributed by atoms with van der Waals surface area (Å²) in [4.78, 5) is 26.3. The van der Waals surface area contributed by atoms with Crippen molar-refractivity contribution in [1.29, 1.82) is 0 Å². The van der Waals surface area contributed by atoms with Crippen LogP contribution in [-0.2, 0) is 4.79 Å². The van der Waals surface area contributed by atoms with Crippen molar-refractivity contribution in [2.24, 2.45) is 0 Å². The van der Waals surface area contributed by atoms with Gasteiger partial charge in [-0.15, -0.1) is 0 Å². The maximum atomic E-state index is 13.7. The van der Waals surface area contributed by atoms with Crippen molar-refractivity contribution in [1.82, 2.24) is 15.1 Å². The van der Waals surface area contributed by atoms with Gasteiger partial charge >= 0.3 is 0 Å². The van der Waals surface area contributed by atoms with E-state index in [1.807, 2.05) is 43.3 Å². The number of fused-ring (bicyclic) bond motifs is 1. The van der Waals surface area contributed by atoms with Crippen molar-refractivity contribution in [3.8, 4) is 5.69 Å². The normalized spacial score (nSPS) is 17.2. The summed E-state index contributed by atoms with van der Waals surface area (Å²) >= 11 is 0. The average molecular weight is 440 g/mol. The van der Waals surface area contributed by atoms with Crippen LogP contribution in [0.5, 0.6) is 0 Å². The number of para-hydroxylation sites is 1. The van der Waals surface area contributed by atoms with Crippen LogP contribution in [0.4, 0.5) is 10.2 Å². The second kappa shape index (κ2) is 8.35. The number of carbonyl (C=O) groups excluding carboxylic acids is 2. The lowest BCUT2D eigenvalue weighted by molar-refractivity contribution is -0.118. The summed E-state index contributed by atoms with van der Waals surface area (Å²) in [6.45, 7) is 1.86. The zero-order chi connectivity index (χ0) is 22.9. The lowest BCUT2D eigenvalue weighted by Gasteiger charge is -2.32. The maximum absolute atomic E-state index is 13.7. The third kappa shape index (κ3) is 3.78. The molecule has 0 unspecified atom stereocenters. The summed E-state index contributed by atoms with van der Waals surface area (Å²) in [5, 5.41) is 10.5. The summed E-state index contributed by atoms with van der Waals surface area (Å²) in [6.07, 6.45) is 0. The van der Waals surface area contributed by atoms with Gasteiger partial charge in [0.15, 0.2) is 0 Å². The molecule has 0 fully saturated rings. The van der Waals surface area contributed by atoms with Crippen LogP contribution in [0.2, 0.25) is 0 Å². The van der Waals surface area contributed by atoms with Gasteiger partial charge in [0.2, 0.25) is 5.91 Å². The second-order valence-electron chi connectivity index (χ2n) is 7.93. The number of rotatable bonds is 4. The summed E-state index contributed by atoms with van der Waals surface area (Å²) in [6, 6.07) is 23.3. The van der Waals surface area contributed by atoms with E-state index in [2.05, 4.69) is 15.7 Å². The standard InChI is InChI=1S/C26H21FN4O2/c1-16-21-22(17-12-14-19(27)15-13-17)23(28-25(32)18-8-4-2-5-9-18)26(33)29-24(21)31(30-16)20-10-6-3-7-11-20/h2-15,22-23H,1H3,(H,28,32)(H,29,33)/t22-,23+/m1/s1. The fourth-order valence-electron chi connectivity index (χ4n) is 4.29. The lowest BCUT2D eigenvalue weighted by Crippen LogP contribution is -2.50. The Morgan fingerprint density at radius 1 is 0.970 bits per heavy atom. The molecule has 1 aliphatic rings. The van der Waals surface area contributed by atoms with Crippen LogP contribution >= 0.6 is 0 Å². The molecule has 2 amide bonds. The van der Waals surface area contributed by atoms with E-state index in [9.17, 15) is 14.0 Å². The minimum atomic E-state index is -0.900. The Morgan fingerprint density at radius 3 is 2.27 bits per heavy atom. The molecule has 1 aliphatic heterocycles. The van der Waals surface area contributed by atoms with Crippen molar-refractivity contribution < 1.29 is 14.0 Å². The zero-order valence-corrected chi connectivity index (χ0v) is 17.8. The van der Waals surface area contributed by atoms with Gasteiger partial charge in [-0.2, -0.15) is 5.10 Å². The highest BCUT2D eigenvalue weighted by atomic mass is 19.1. The Hall–Kier alpha value is -4.26. The molecule has 0 bridgehead atoms. The largest absolute Gasteiger partial charge is 0.339 e. The SMILES string of the molecule is Cc1nn(-c2ccccc2)c2c1[C@@H](c1ccc(F)cc1)[C@H](NC(=O)c1ccccc1)C(=O)N2.